The number of amides is 7. The van der Waals surface area contributed by atoms with Crippen molar-refractivity contribution in [2.24, 2.45) is 23.3 Å². The van der Waals surface area contributed by atoms with E-state index in [1.165, 1.54) is 26.0 Å². The number of phenolic OH excluding ortho intramolecular Hbond substituents is 1. The fourth-order valence-corrected chi connectivity index (χ4v) is 4.98. The van der Waals surface area contributed by atoms with Gasteiger partial charge in [0.25, 0.3) is 0 Å². The fraction of sp³-hybridized carbons (Fsp3) is 0.472. The fourth-order valence-electron chi connectivity index (χ4n) is 4.98. The molecule has 2 aromatic rings. The second kappa shape index (κ2) is 20.4. The maximum Gasteiger partial charge on any atom is 0.243 e. The number of aromatic hydroxyl groups is 1. The number of primary amides is 1. The first kappa shape index (κ1) is 42.7. The Kier molecular flexibility index (Phi) is 16.7. The summed E-state index contributed by atoms with van der Waals surface area (Å²) in [7, 11) is 0. The number of carbonyl (C=O) groups excluding carboxylic acids is 7. The molecule has 0 aliphatic carbocycles. The summed E-state index contributed by atoms with van der Waals surface area (Å²) in [5.41, 5.74) is 12.6. The van der Waals surface area contributed by atoms with Gasteiger partial charge in [0.05, 0.1) is 12.6 Å². The first-order valence-electron chi connectivity index (χ1n) is 17.0. The van der Waals surface area contributed by atoms with E-state index < -0.39 is 90.1 Å². The molecule has 2 rings (SSSR count). The summed E-state index contributed by atoms with van der Waals surface area (Å²) in [6, 6.07) is 8.54. The molecular weight excluding hydrogens is 672 g/mol. The molecule has 0 unspecified atom stereocenters. The number of hydrogen-bond donors (Lipinski definition) is 9. The molecule has 0 aliphatic rings. The number of hydrogen-bond acceptors (Lipinski definition) is 9. The zero-order chi connectivity index (χ0) is 39.1. The van der Waals surface area contributed by atoms with Gasteiger partial charge in [-0.2, -0.15) is 0 Å². The average molecular weight is 725 g/mol. The van der Waals surface area contributed by atoms with Crippen LogP contribution in [0.2, 0.25) is 0 Å². The average Bonchev–Trinajstić information content (AvgIpc) is 3.08. The van der Waals surface area contributed by atoms with Gasteiger partial charge in [-0.3, -0.25) is 33.6 Å². The van der Waals surface area contributed by atoms with Crippen molar-refractivity contribution in [3.8, 4) is 5.75 Å². The third-order valence-electron chi connectivity index (χ3n) is 8.08. The smallest absolute Gasteiger partial charge is 0.243 e. The summed E-state index contributed by atoms with van der Waals surface area (Å²) in [6.45, 7) is 9.22. The van der Waals surface area contributed by atoms with Crippen LogP contribution >= 0.6 is 0 Å². The summed E-state index contributed by atoms with van der Waals surface area (Å²) in [6.07, 6.45) is 0.211. The number of nitrogens with two attached hydrogens (primary N) is 2. The van der Waals surface area contributed by atoms with E-state index in [4.69, 9.17) is 11.5 Å². The van der Waals surface area contributed by atoms with E-state index in [2.05, 4.69) is 31.9 Å². The molecule has 11 N–H and O–H groups in total. The highest BCUT2D eigenvalue weighted by molar-refractivity contribution is 5.97. The second-order valence-corrected chi connectivity index (χ2v) is 13.3. The Balaban J connectivity index is 2.10. The molecule has 0 saturated carbocycles. The Labute approximate surface area is 303 Å². The minimum absolute atomic E-state index is 0.0548. The maximum atomic E-state index is 13.5. The van der Waals surface area contributed by atoms with Gasteiger partial charge in [-0.15, -0.1) is 0 Å². The van der Waals surface area contributed by atoms with E-state index in [0.29, 0.717) is 11.1 Å². The largest absolute Gasteiger partial charge is 0.508 e. The highest BCUT2D eigenvalue weighted by Crippen LogP contribution is 2.12. The van der Waals surface area contributed by atoms with Crippen LogP contribution in [0.3, 0.4) is 0 Å². The lowest BCUT2D eigenvalue weighted by Crippen LogP contribution is -2.60. The lowest BCUT2D eigenvalue weighted by Gasteiger charge is -2.28. The number of carbonyl (C=O) groups is 7. The van der Waals surface area contributed by atoms with Crippen LogP contribution in [0.15, 0.2) is 54.6 Å². The Morgan fingerprint density at radius 2 is 1.06 bits per heavy atom. The summed E-state index contributed by atoms with van der Waals surface area (Å²) in [4.78, 5) is 89.8. The molecule has 6 atom stereocenters. The molecule has 16 heteroatoms. The molecule has 0 spiro atoms. The van der Waals surface area contributed by atoms with Crippen LogP contribution < -0.4 is 43.4 Å². The first-order chi connectivity index (χ1) is 24.4. The minimum Gasteiger partial charge on any atom is -0.508 e. The van der Waals surface area contributed by atoms with Crippen molar-refractivity contribution in [1.82, 2.24) is 31.9 Å². The number of benzene rings is 2. The highest BCUT2D eigenvalue weighted by atomic mass is 16.3. The lowest BCUT2D eigenvalue weighted by molar-refractivity contribution is -0.135. The molecule has 284 valence electrons. The van der Waals surface area contributed by atoms with E-state index in [9.17, 15) is 38.7 Å². The quantitative estimate of drug-likeness (QED) is 0.0849. The molecule has 2 aromatic carbocycles. The summed E-state index contributed by atoms with van der Waals surface area (Å²) >= 11 is 0. The molecule has 52 heavy (non-hydrogen) atoms. The molecule has 0 bridgehead atoms. The molecule has 7 amide bonds. The van der Waals surface area contributed by atoms with Crippen LogP contribution in [0.1, 0.15) is 52.7 Å². The van der Waals surface area contributed by atoms with Crippen molar-refractivity contribution in [2.45, 2.75) is 90.6 Å². The van der Waals surface area contributed by atoms with Crippen LogP contribution in [-0.4, -0.2) is 89.3 Å². The van der Waals surface area contributed by atoms with Crippen molar-refractivity contribution in [2.75, 3.05) is 6.54 Å². The molecule has 0 aliphatic heterocycles. The van der Waals surface area contributed by atoms with Gasteiger partial charge in [0.15, 0.2) is 0 Å². The normalized spacial score (nSPS) is 14.5. The van der Waals surface area contributed by atoms with Crippen LogP contribution in [0.25, 0.3) is 0 Å². The van der Waals surface area contributed by atoms with Crippen molar-refractivity contribution in [1.29, 1.82) is 0 Å². The van der Waals surface area contributed by atoms with E-state index in [0.717, 1.165) is 0 Å². The SMILES string of the molecule is CC(C)[C@H](NC(=O)[C@H](C)NC(=O)[C@H](Cc1ccccc1)NC(=O)[C@@H](C)NC(=O)[C@@H](N)Cc1ccc(O)cc1)C(=O)N[C@H](C(=O)NCC(N)=O)C(C)C. The van der Waals surface area contributed by atoms with Crippen LogP contribution in [-0.2, 0) is 46.4 Å². The predicted molar refractivity (Wildman–Crippen MR) is 193 cm³/mol. The first-order valence-corrected chi connectivity index (χ1v) is 17.0. The molecule has 0 fully saturated rings. The zero-order valence-electron chi connectivity index (χ0n) is 30.4. The Morgan fingerprint density at radius 3 is 1.60 bits per heavy atom. The summed E-state index contributed by atoms with van der Waals surface area (Å²) < 4.78 is 0. The molecule has 0 heterocycles. The Hall–Kier alpha value is -5.51. The number of nitrogens with one attached hydrogen (secondary N) is 6. The van der Waals surface area contributed by atoms with E-state index in [-0.39, 0.29) is 24.5 Å². The van der Waals surface area contributed by atoms with Crippen molar-refractivity contribution in [3.05, 3.63) is 65.7 Å². The lowest BCUT2D eigenvalue weighted by atomic mass is 9.99. The summed E-state index contributed by atoms with van der Waals surface area (Å²) in [5, 5.41) is 24.9. The predicted octanol–water partition coefficient (Wildman–Crippen LogP) is -1.12. The topological polar surface area (TPSA) is 264 Å². The van der Waals surface area contributed by atoms with Crippen molar-refractivity contribution in [3.63, 3.8) is 0 Å². The third-order valence-corrected chi connectivity index (χ3v) is 8.08. The second-order valence-electron chi connectivity index (χ2n) is 13.3. The Morgan fingerprint density at radius 1 is 0.577 bits per heavy atom. The molecule has 0 aromatic heterocycles. The van der Waals surface area contributed by atoms with Gasteiger partial charge in [0.1, 0.15) is 36.0 Å². The Bertz CT molecular complexity index is 1550. The summed E-state index contributed by atoms with van der Waals surface area (Å²) in [5.74, 6) is -5.40. The standard InChI is InChI=1S/C36H52N8O8/c1-19(2)29(35(51)39-18-28(38)46)44-36(52)30(20(3)4)43-32(48)22(6)41-34(50)27(17-23-10-8-7-9-11-23)42-31(47)21(5)40-33(49)26(37)16-24-12-14-25(45)15-13-24/h7-15,19-22,26-27,29-30,45H,16-18,37H2,1-6H3,(H2,38,46)(H,39,51)(H,40,49)(H,41,50)(H,42,47)(H,43,48)(H,44,52)/t21-,22+,26+,27+,29+,30+/m1/s1. The van der Waals surface area contributed by atoms with Crippen LogP contribution in [0.5, 0.6) is 5.75 Å². The van der Waals surface area contributed by atoms with E-state index in [1.807, 2.05) is 0 Å². The monoisotopic (exact) mass is 724 g/mol. The van der Waals surface area contributed by atoms with E-state index >= 15 is 0 Å². The van der Waals surface area contributed by atoms with Gasteiger partial charge in [0.2, 0.25) is 41.4 Å². The van der Waals surface area contributed by atoms with Gasteiger partial charge in [-0.1, -0.05) is 70.2 Å². The van der Waals surface area contributed by atoms with Crippen LogP contribution in [0, 0.1) is 11.8 Å². The zero-order valence-corrected chi connectivity index (χ0v) is 30.4. The van der Waals surface area contributed by atoms with Gasteiger partial charge >= 0.3 is 0 Å². The van der Waals surface area contributed by atoms with Gasteiger partial charge in [0, 0.05) is 6.42 Å². The minimum atomic E-state index is -1.16. The molecule has 0 radical (unpaired) electrons. The van der Waals surface area contributed by atoms with Crippen LogP contribution in [0.4, 0.5) is 0 Å². The maximum absolute atomic E-state index is 13.5. The number of rotatable bonds is 19. The molecule has 16 nitrogen and oxygen atoms in total. The van der Waals surface area contributed by atoms with Gasteiger partial charge in [-0.05, 0) is 55.4 Å². The molecular formula is C36H52N8O8. The molecule has 0 saturated heterocycles. The number of phenols is 1. The third kappa shape index (κ3) is 14.0. The van der Waals surface area contributed by atoms with Crippen molar-refractivity contribution < 1.29 is 38.7 Å². The van der Waals surface area contributed by atoms with E-state index in [1.54, 1.807) is 70.2 Å². The highest BCUT2D eigenvalue weighted by Gasteiger charge is 2.33. The van der Waals surface area contributed by atoms with Gasteiger partial charge < -0.3 is 48.5 Å². The van der Waals surface area contributed by atoms with Gasteiger partial charge in [-0.25, -0.2) is 0 Å². The van der Waals surface area contributed by atoms with Crippen molar-refractivity contribution >= 4 is 41.4 Å².